The monoisotopic (exact) mass is 305 g/mol. The first-order valence-electron chi connectivity index (χ1n) is 6.92. The highest BCUT2D eigenvalue weighted by Crippen LogP contribution is 2.29. The Balaban J connectivity index is 1.91. The van der Waals surface area contributed by atoms with Crippen LogP contribution in [0.5, 0.6) is 0 Å². The summed E-state index contributed by atoms with van der Waals surface area (Å²) < 4.78 is 37.6. The minimum atomic E-state index is -4.38. The van der Waals surface area contributed by atoms with Gasteiger partial charge in [-0.05, 0) is 48.7 Å². The van der Waals surface area contributed by atoms with Crippen LogP contribution in [0.4, 0.5) is 24.8 Å². The smallest absolute Gasteiger partial charge is 0.325 e. The van der Waals surface area contributed by atoms with E-state index in [0.717, 1.165) is 41.2 Å². The second-order valence-corrected chi connectivity index (χ2v) is 5.17. The van der Waals surface area contributed by atoms with Gasteiger partial charge in [-0.25, -0.2) is 9.97 Å². The van der Waals surface area contributed by atoms with Gasteiger partial charge >= 0.3 is 6.18 Å². The van der Waals surface area contributed by atoms with E-state index in [4.69, 9.17) is 0 Å². The van der Waals surface area contributed by atoms with E-state index < -0.39 is 11.7 Å². The van der Waals surface area contributed by atoms with Crippen molar-refractivity contribution in [3.8, 4) is 0 Å². The van der Waals surface area contributed by atoms with Crippen molar-refractivity contribution in [3.63, 3.8) is 0 Å². The molecule has 2 aromatic heterocycles. The molecule has 3 nitrogen and oxygen atoms in total. The Hall–Kier alpha value is -2.37. The Kier molecular flexibility index (Phi) is 3.60. The predicted molar refractivity (Wildman–Crippen MR) is 78.9 cm³/mol. The fourth-order valence-corrected chi connectivity index (χ4v) is 2.32. The maximum atomic E-state index is 12.5. The molecule has 2 aromatic rings. The molecule has 1 aliphatic rings. The van der Waals surface area contributed by atoms with E-state index in [-0.39, 0.29) is 0 Å². The average Bonchev–Trinajstić information content (AvgIpc) is 2.48. The normalized spacial score (nSPS) is 13.8. The summed E-state index contributed by atoms with van der Waals surface area (Å²) in [5.74, 6) is 0.945. The third-order valence-corrected chi connectivity index (χ3v) is 3.48. The van der Waals surface area contributed by atoms with Crippen molar-refractivity contribution in [1.29, 1.82) is 0 Å². The maximum absolute atomic E-state index is 12.5. The SMILES string of the molecule is Cc1cc2c(nc1Nc1ccc(C(F)(F)F)cn1)=CCCC=2. The molecule has 1 aliphatic carbocycles. The summed E-state index contributed by atoms with van der Waals surface area (Å²) in [5.41, 5.74) is 0.156. The van der Waals surface area contributed by atoms with Crippen molar-refractivity contribution in [2.24, 2.45) is 0 Å². The lowest BCUT2D eigenvalue weighted by molar-refractivity contribution is -0.137. The first-order chi connectivity index (χ1) is 10.4. The van der Waals surface area contributed by atoms with Crippen LogP contribution in [0.15, 0.2) is 24.4 Å². The van der Waals surface area contributed by atoms with E-state index in [1.54, 1.807) is 0 Å². The molecule has 1 N–H and O–H groups in total. The molecule has 0 atom stereocenters. The van der Waals surface area contributed by atoms with Crippen LogP contribution in [-0.4, -0.2) is 9.97 Å². The van der Waals surface area contributed by atoms with E-state index >= 15 is 0 Å². The molecule has 114 valence electrons. The van der Waals surface area contributed by atoms with Crippen molar-refractivity contribution in [2.75, 3.05) is 5.32 Å². The largest absolute Gasteiger partial charge is 0.417 e. The number of halogens is 3. The Bertz CT molecular complexity index is 808. The lowest BCUT2D eigenvalue weighted by Gasteiger charge is -2.11. The number of fused-ring (bicyclic) bond motifs is 1. The van der Waals surface area contributed by atoms with Crippen molar-refractivity contribution in [2.45, 2.75) is 25.9 Å². The average molecular weight is 305 g/mol. The van der Waals surface area contributed by atoms with Crippen LogP contribution in [0.3, 0.4) is 0 Å². The molecule has 0 saturated carbocycles. The molecule has 6 heteroatoms. The van der Waals surface area contributed by atoms with Gasteiger partial charge in [-0.15, -0.1) is 0 Å². The number of aromatic nitrogens is 2. The van der Waals surface area contributed by atoms with Crippen molar-refractivity contribution in [3.05, 3.63) is 46.1 Å². The van der Waals surface area contributed by atoms with Crippen LogP contribution in [0.25, 0.3) is 12.2 Å². The predicted octanol–water partition coefficient (Wildman–Crippen LogP) is 2.90. The summed E-state index contributed by atoms with van der Waals surface area (Å²) in [6.45, 7) is 1.90. The van der Waals surface area contributed by atoms with Crippen molar-refractivity contribution in [1.82, 2.24) is 9.97 Å². The van der Waals surface area contributed by atoms with E-state index in [2.05, 4.69) is 27.4 Å². The third kappa shape index (κ3) is 2.95. The molecule has 0 saturated heterocycles. The molecular formula is C16H14F3N3. The molecule has 0 fully saturated rings. The van der Waals surface area contributed by atoms with Gasteiger partial charge in [0.05, 0.1) is 10.9 Å². The van der Waals surface area contributed by atoms with Gasteiger partial charge in [0, 0.05) is 6.20 Å². The molecule has 0 spiro atoms. The number of anilines is 2. The second kappa shape index (κ2) is 5.44. The Morgan fingerprint density at radius 2 is 1.91 bits per heavy atom. The number of alkyl halides is 3. The van der Waals surface area contributed by atoms with Crippen LogP contribution < -0.4 is 15.9 Å². The van der Waals surface area contributed by atoms with Gasteiger partial charge in [0.15, 0.2) is 0 Å². The molecular weight excluding hydrogens is 291 g/mol. The van der Waals surface area contributed by atoms with E-state index in [9.17, 15) is 13.2 Å². The van der Waals surface area contributed by atoms with Crippen molar-refractivity contribution >= 4 is 23.8 Å². The zero-order valence-corrected chi connectivity index (χ0v) is 11.9. The quantitative estimate of drug-likeness (QED) is 0.927. The Labute approximate surface area is 125 Å². The standard InChI is InChI=1S/C16H14F3N3/c1-10-8-11-4-2-3-5-13(11)21-15(10)22-14-7-6-12(9-20-14)16(17,18)19/h4-9H,2-3H2,1H3,(H,20,21,22). The fourth-order valence-electron chi connectivity index (χ4n) is 2.32. The first kappa shape index (κ1) is 14.6. The van der Waals surface area contributed by atoms with Crippen LogP contribution in [0.2, 0.25) is 0 Å². The van der Waals surface area contributed by atoms with E-state index in [0.29, 0.717) is 11.6 Å². The number of hydrogen-bond acceptors (Lipinski definition) is 3. The summed E-state index contributed by atoms with van der Waals surface area (Å²) >= 11 is 0. The van der Waals surface area contributed by atoms with Gasteiger partial charge in [-0.3, -0.25) is 0 Å². The van der Waals surface area contributed by atoms with Gasteiger partial charge in [-0.2, -0.15) is 13.2 Å². The molecule has 2 heterocycles. The number of hydrogen-bond donors (Lipinski definition) is 1. The lowest BCUT2D eigenvalue weighted by atomic mass is 10.1. The third-order valence-electron chi connectivity index (χ3n) is 3.48. The summed E-state index contributed by atoms with van der Waals surface area (Å²) in [4.78, 5) is 8.32. The minimum absolute atomic E-state index is 0.336. The zero-order chi connectivity index (χ0) is 15.7. The summed E-state index contributed by atoms with van der Waals surface area (Å²) in [6.07, 6.45) is 2.57. The number of nitrogens with zero attached hydrogens (tertiary/aromatic N) is 2. The van der Waals surface area contributed by atoms with Crippen molar-refractivity contribution < 1.29 is 13.2 Å². The summed E-state index contributed by atoms with van der Waals surface area (Å²) in [5, 5.41) is 4.96. The molecule has 22 heavy (non-hydrogen) atoms. The summed E-state index contributed by atoms with van der Waals surface area (Å²) in [6, 6.07) is 4.33. The number of pyridine rings is 2. The van der Waals surface area contributed by atoms with Gasteiger partial charge in [0.25, 0.3) is 0 Å². The Morgan fingerprint density at radius 3 is 2.59 bits per heavy atom. The second-order valence-electron chi connectivity index (χ2n) is 5.17. The lowest BCUT2D eigenvalue weighted by Crippen LogP contribution is -2.31. The molecule has 0 aliphatic heterocycles. The van der Waals surface area contributed by atoms with Gasteiger partial charge in [0.2, 0.25) is 0 Å². The van der Waals surface area contributed by atoms with Crippen LogP contribution >= 0.6 is 0 Å². The number of rotatable bonds is 2. The van der Waals surface area contributed by atoms with Crippen LogP contribution in [0.1, 0.15) is 24.0 Å². The van der Waals surface area contributed by atoms with E-state index in [1.807, 2.05) is 13.0 Å². The van der Waals surface area contributed by atoms with Gasteiger partial charge in [-0.1, -0.05) is 12.2 Å². The van der Waals surface area contributed by atoms with E-state index in [1.165, 1.54) is 6.07 Å². The Morgan fingerprint density at radius 1 is 1.14 bits per heavy atom. The first-order valence-corrected chi connectivity index (χ1v) is 6.92. The molecule has 0 aromatic carbocycles. The maximum Gasteiger partial charge on any atom is 0.417 e. The topological polar surface area (TPSA) is 37.8 Å². The van der Waals surface area contributed by atoms with Gasteiger partial charge < -0.3 is 5.32 Å². The fraction of sp³-hybridized carbons (Fsp3) is 0.250. The minimum Gasteiger partial charge on any atom is -0.325 e. The zero-order valence-electron chi connectivity index (χ0n) is 11.9. The highest BCUT2D eigenvalue weighted by molar-refractivity contribution is 5.56. The molecule has 0 unspecified atom stereocenters. The molecule has 0 bridgehead atoms. The van der Waals surface area contributed by atoms with Crippen LogP contribution in [0, 0.1) is 6.92 Å². The highest BCUT2D eigenvalue weighted by atomic mass is 19.4. The highest BCUT2D eigenvalue weighted by Gasteiger charge is 2.30. The van der Waals surface area contributed by atoms with Crippen LogP contribution in [-0.2, 0) is 6.18 Å². The number of nitrogens with one attached hydrogen (secondary N) is 1. The number of aryl methyl sites for hydroxylation is 1. The molecule has 3 rings (SSSR count). The molecule has 0 radical (unpaired) electrons. The van der Waals surface area contributed by atoms with Gasteiger partial charge in [0.1, 0.15) is 11.6 Å². The molecule has 0 amide bonds. The summed E-state index contributed by atoms with van der Waals surface area (Å²) in [7, 11) is 0.